The van der Waals surface area contributed by atoms with Gasteiger partial charge in [0.05, 0.1) is 12.2 Å². The number of hydrogen-bond donors (Lipinski definition) is 2. The largest absolute Gasteiger partial charge is 0.444 e. The van der Waals surface area contributed by atoms with Crippen LogP contribution in [-0.4, -0.2) is 24.5 Å². The highest BCUT2D eigenvalue weighted by Gasteiger charge is 2.07. The minimum atomic E-state index is -0.194. The summed E-state index contributed by atoms with van der Waals surface area (Å²) < 4.78 is 18.8. The average Bonchev–Trinajstić information content (AvgIpc) is 3.17. The standard InChI is InChI=1S/C22H25FN4O/c1-16-8-10-18(11-9-16)21-27-20(15-28-21)14-26-22(24-2)25-12-4-6-17-5-3-7-19(23)13-17/h3,5,7-11,13,15H,4,6,12,14H2,1-2H3,(H2,24,25,26). The Hall–Kier alpha value is -3.15. The quantitative estimate of drug-likeness (QED) is 0.368. The van der Waals surface area contributed by atoms with Crippen molar-refractivity contribution in [1.29, 1.82) is 0 Å². The number of aromatic nitrogens is 1. The zero-order valence-electron chi connectivity index (χ0n) is 16.2. The maximum absolute atomic E-state index is 13.2. The van der Waals surface area contributed by atoms with Gasteiger partial charge >= 0.3 is 0 Å². The molecular formula is C22H25FN4O. The summed E-state index contributed by atoms with van der Waals surface area (Å²) in [5.41, 5.74) is 3.95. The van der Waals surface area contributed by atoms with Gasteiger partial charge in [0.1, 0.15) is 12.1 Å². The van der Waals surface area contributed by atoms with Crippen LogP contribution in [0.4, 0.5) is 4.39 Å². The summed E-state index contributed by atoms with van der Waals surface area (Å²) in [5, 5.41) is 6.48. The van der Waals surface area contributed by atoms with Gasteiger partial charge in [-0.3, -0.25) is 4.99 Å². The molecule has 0 amide bonds. The second-order valence-corrected chi connectivity index (χ2v) is 6.60. The van der Waals surface area contributed by atoms with E-state index in [0.29, 0.717) is 18.4 Å². The minimum Gasteiger partial charge on any atom is -0.444 e. The summed E-state index contributed by atoms with van der Waals surface area (Å²) in [6, 6.07) is 14.8. The molecule has 0 spiro atoms. The van der Waals surface area contributed by atoms with Crippen LogP contribution in [-0.2, 0) is 13.0 Å². The lowest BCUT2D eigenvalue weighted by molar-refractivity contribution is 0.572. The third-order valence-corrected chi connectivity index (χ3v) is 4.33. The van der Waals surface area contributed by atoms with Gasteiger partial charge in [-0.15, -0.1) is 0 Å². The Morgan fingerprint density at radius 3 is 2.71 bits per heavy atom. The highest BCUT2D eigenvalue weighted by atomic mass is 19.1. The van der Waals surface area contributed by atoms with Crippen molar-refractivity contribution in [3.05, 3.63) is 77.4 Å². The number of guanidine groups is 1. The van der Waals surface area contributed by atoms with E-state index in [4.69, 9.17) is 4.42 Å². The molecule has 0 atom stereocenters. The van der Waals surface area contributed by atoms with Gasteiger partial charge in [0.25, 0.3) is 0 Å². The maximum atomic E-state index is 13.2. The molecule has 1 heterocycles. The second kappa shape index (κ2) is 9.69. The summed E-state index contributed by atoms with van der Waals surface area (Å²) in [4.78, 5) is 8.73. The summed E-state index contributed by atoms with van der Waals surface area (Å²) >= 11 is 0. The Bertz CT molecular complexity index is 918. The van der Waals surface area contributed by atoms with Gasteiger partial charge in [-0.05, 0) is 49.6 Å². The first-order valence-electron chi connectivity index (χ1n) is 9.34. The number of nitrogens with one attached hydrogen (secondary N) is 2. The molecule has 146 valence electrons. The van der Waals surface area contributed by atoms with Crippen molar-refractivity contribution in [2.45, 2.75) is 26.3 Å². The van der Waals surface area contributed by atoms with Gasteiger partial charge < -0.3 is 15.1 Å². The first-order valence-corrected chi connectivity index (χ1v) is 9.34. The summed E-state index contributed by atoms with van der Waals surface area (Å²) in [7, 11) is 1.72. The molecule has 0 unspecified atom stereocenters. The monoisotopic (exact) mass is 380 g/mol. The average molecular weight is 380 g/mol. The molecule has 0 aliphatic heterocycles. The Morgan fingerprint density at radius 2 is 1.96 bits per heavy atom. The van der Waals surface area contributed by atoms with Crippen LogP contribution in [0, 0.1) is 12.7 Å². The zero-order chi connectivity index (χ0) is 19.8. The zero-order valence-corrected chi connectivity index (χ0v) is 16.2. The highest BCUT2D eigenvalue weighted by Crippen LogP contribution is 2.18. The Balaban J connectivity index is 1.43. The van der Waals surface area contributed by atoms with Crippen LogP contribution in [0.2, 0.25) is 0 Å². The molecule has 0 fully saturated rings. The second-order valence-electron chi connectivity index (χ2n) is 6.60. The molecule has 0 aliphatic carbocycles. The van der Waals surface area contributed by atoms with E-state index in [0.717, 1.165) is 36.2 Å². The molecule has 0 radical (unpaired) electrons. The first-order chi connectivity index (χ1) is 13.6. The van der Waals surface area contributed by atoms with Crippen molar-refractivity contribution >= 4 is 5.96 Å². The van der Waals surface area contributed by atoms with Crippen LogP contribution in [0.1, 0.15) is 23.2 Å². The smallest absolute Gasteiger partial charge is 0.226 e. The molecule has 2 aromatic carbocycles. The highest BCUT2D eigenvalue weighted by molar-refractivity contribution is 5.79. The minimum absolute atomic E-state index is 0.194. The molecule has 0 saturated heterocycles. The van der Waals surface area contributed by atoms with Crippen LogP contribution in [0.15, 0.2) is 64.2 Å². The Kier molecular flexibility index (Phi) is 6.78. The molecule has 5 nitrogen and oxygen atoms in total. The number of oxazole rings is 1. The molecule has 6 heteroatoms. The molecule has 0 saturated carbocycles. The number of hydrogen-bond acceptors (Lipinski definition) is 3. The van der Waals surface area contributed by atoms with Gasteiger partial charge in [0, 0.05) is 19.2 Å². The molecule has 0 aliphatic rings. The lowest BCUT2D eigenvalue weighted by Gasteiger charge is -2.10. The van der Waals surface area contributed by atoms with Gasteiger partial charge in [0.2, 0.25) is 5.89 Å². The Morgan fingerprint density at radius 1 is 1.14 bits per heavy atom. The number of aliphatic imine (C=N–C) groups is 1. The molecule has 28 heavy (non-hydrogen) atoms. The third-order valence-electron chi connectivity index (χ3n) is 4.33. The SMILES string of the molecule is CN=C(NCCCc1cccc(F)c1)NCc1coc(-c2ccc(C)cc2)n1. The fraction of sp³-hybridized carbons (Fsp3) is 0.273. The van der Waals surface area contributed by atoms with Crippen molar-refractivity contribution in [2.75, 3.05) is 13.6 Å². The number of halogens is 1. The lowest BCUT2D eigenvalue weighted by atomic mass is 10.1. The first kappa shape index (κ1) is 19.6. The van der Waals surface area contributed by atoms with Gasteiger partial charge in [0.15, 0.2) is 5.96 Å². The topological polar surface area (TPSA) is 62.5 Å². The Labute approximate surface area is 164 Å². The van der Waals surface area contributed by atoms with E-state index in [-0.39, 0.29) is 5.82 Å². The fourth-order valence-corrected chi connectivity index (χ4v) is 2.80. The maximum Gasteiger partial charge on any atom is 0.226 e. The van der Waals surface area contributed by atoms with Crippen molar-refractivity contribution in [2.24, 2.45) is 4.99 Å². The van der Waals surface area contributed by atoms with E-state index < -0.39 is 0 Å². The van der Waals surface area contributed by atoms with E-state index in [9.17, 15) is 4.39 Å². The van der Waals surface area contributed by atoms with Crippen LogP contribution in [0.25, 0.3) is 11.5 Å². The van der Waals surface area contributed by atoms with Crippen LogP contribution in [0.5, 0.6) is 0 Å². The van der Waals surface area contributed by atoms with Gasteiger partial charge in [-0.25, -0.2) is 9.37 Å². The molecular weight excluding hydrogens is 355 g/mol. The van der Waals surface area contributed by atoms with E-state index in [1.807, 2.05) is 37.3 Å². The predicted molar refractivity (Wildman–Crippen MR) is 110 cm³/mol. The molecule has 3 rings (SSSR count). The number of aryl methyl sites for hydroxylation is 2. The van der Waals surface area contributed by atoms with Gasteiger partial charge in [-0.1, -0.05) is 29.8 Å². The van der Waals surface area contributed by atoms with Crippen molar-refractivity contribution in [1.82, 2.24) is 15.6 Å². The van der Waals surface area contributed by atoms with Gasteiger partial charge in [-0.2, -0.15) is 0 Å². The van der Waals surface area contributed by atoms with E-state index in [1.54, 1.807) is 25.4 Å². The van der Waals surface area contributed by atoms with Crippen LogP contribution in [0.3, 0.4) is 0 Å². The number of rotatable bonds is 7. The summed E-state index contributed by atoms with van der Waals surface area (Å²) in [5.74, 6) is 1.11. The molecule has 3 aromatic rings. The third kappa shape index (κ3) is 5.67. The molecule has 0 bridgehead atoms. The fourth-order valence-electron chi connectivity index (χ4n) is 2.80. The number of nitrogens with zero attached hydrogens (tertiary/aromatic N) is 2. The summed E-state index contributed by atoms with van der Waals surface area (Å²) in [6.07, 6.45) is 3.34. The number of benzene rings is 2. The lowest BCUT2D eigenvalue weighted by Crippen LogP contribution is -2.37. The summed E-state index contributed by atoms with van der Waals surface area (Å²) in [6.45, 7) is 3.30. The van der Waals surface area contributed by atoms with E-state index >= 15 is 0 Å². The van der Waals surface area contributed by atoms with E-state index in [2.05, 4.69) is 20.6 Å². The van der Waals surface area contributed by atoms with Crippen molar-refractivity contribution in [3.8, 4) is 11.5 Å². The van der Waals surface area contributed by atoms with E-state index in [1.165, 1.54) is 11.6 Å². The normalized spacial score (nSPS) is 11.5. The van der Waals surface area contributed by atoms with Crippen LogP contribution >= 0.6 is 0 Å². The predicted octanol–water partition coefficient (Wildman–Crippen LogP) is 4.09. The molecule has 2 N–H and O–H groups in total. The van der Waals surface area contributed by atoms with Crippen molar-refractivity contribution < 1.29 is 8.81 Å². The van der Waals surface area contributed by atoms with Crippen LogP contribution < -0.4 is 10.6 Å². The molecule has 1 aromatic heterocycles. The van der Waals surface area contributed by atoms with Crippen molar-refractivity contribution in [3.63, 3.8) is 0 Å².